The Morgan fingerprint density at radius 3 is 2.67 bits per heavy atom. The van der Waals surface area contributed by atoms with E-state index in [1.54, 1.807) is 0 Å². The third-order valence-corrected chi connectivity index (χ3v) is 3.25. The first-order valence-electron chi connectivity index (χ1n) is 4.88. The van der Waals surface area contributed by atoms with E-state index in [-0.39, 0.29) is 17.5 Å². The van der Waals surface area contributed by atoms with Gasteiger partial charge < -0.3 is 10.2 Å². The van der Waals surface area contributed by atoms with Crippen molar-refractivity contribution in [2.75, 3.05) is 4.72 Å². The lowest BCUT2D eigenvalue weighted by atomic mass is 10.5. The minimum Gasteiger partial charge on any atom is -0.446 e. The molecule has 2 heterocycles. The topological polar surface area (TPSA) is 131 Å². The van der Waals surface area contributed by atoms with E-state index >= 15 is 0 Å². The van der Waals surface area contributed by atoms with Gasteiger partial charge in [0.25, 0.3) is 15.6 Å². The van der Waals surface area contributed by atoms with Crippen LogP contribution in [0.3, 0.4) is 0 Å². The maximum Gasteiger partial charge on any atom is 0.296 e. The van der Waals surface area contributed by atoms with Crippen molar-refractivity contribution in [3.63, 3.8) is 0 Å². The molecule has 0 saturated heterocycles. The van der Waals surface area contributed by atoms with Gasteiger partial charge in [-0.2, -0.15) is 13.5 Å². The predicted octanol–water partition coefficient (Wildman–Crippen LogP) is -0.378. The third kappa shape index (κ3) is 2.57. The zero-order valence-electron chi connectivity index (χ0n) is 9.08. The Hall–Kier alpha value is -2.13. The zero-order valence-corrected chi connectivity index (χ0v) is 9.90. The molecule has 0 fully saturated rings. The van der Waals surface area contributed by atoms with Crippen LogP contribution in [0.1, 0.15) is 5.76 Å². The van der Waals surface area contributed by atoms with E-state index in [0.717, 1.165) is 6.07 Å². The quantitative estimate of drug-likeness (QED) is 0.694. The molecule has 18 heavy (non-hydrogen) atoms. The molecule has 0 radical (unpaired) electrons. The monoisotopic (exact) mass is 270 g/mol. The predicted molar refractivity (Wildman–Crippen MR) is 62.3 cm³/mol. The summed E-state index contributed by atoms with van der Waals surface area (Å²) in [5.41, 5.74) is 4.89. The molecule has 0 aliphatic carbocycles. The highest BCUT2D eigenvalue weighted by Crippen LogP contribution is 2.16. The molecule has 0 aliphatic rings. The first-order valence-corrected chi connectivity index (χ1v) is 6.37. The van der Waals surface area contributed by atoms with Gasteiger partial charge in [0.15, 0.2) is 5.82 Å². The van der Waals surface area contributed by atoms with E-state index < -0.39 is 15.6 Å². The number of anilines is 1. The third-order valence-electron chi connectivity index (χ3n) is 2.02. The number of aromatic nitrogens is 2. The van der Waals surface area contributed by atoms with Gasteiger partial charge in [0.1, 0.15) is 5.76 Å². The maximum absolute atomic E-state index is 11.8. The highest BCUT2D eigenvalue weighted by atomic mass is 32.2. The summed E-state index contributed by atoms with van der Waals surface area (Å²) < 4.78 is 30.9. The Balaban J connectivity index is 2.26. The van der Waals surface area contributed by atoms with Gasteiger partial charge in [-0.1, -0.05) is 0 Å². The highest BCUT2D eigenvalue weighted by molar-refractivity contribution is 7.92. The molecule has 0 saturated carbocycles. The molecule has 96 valence electrons. The van der Waals surface area contributed by atoms with Crippen LogP contribution in [0, 0.1) is 0 Å². The number of nitrogens with zero attached hydrogens (tertiary/aromatic N) is 1. The van der Waals surface area contributed by atoms with Gasteiger partial charge in [0.2, 0.25) is 5.09 Å². The normalized spacial score (nSPS) is 11.4. The number of furan rings is 1. The fourth-order valence-electron chi connectivity index (χ4n) is 1.20. The van der Waals surface area contributed by atoms with Crippen LogP contribution in [0.15, 0.2) is 38.6 Å². The lowest BCUT2D eigenvalue weighted by molar-refractivity contribution is 0.417. The van der Waals surface area contributed by atoms with Gasteiger partial charge in [0, 0.05) is 6.07 Å². The molecule has 2 aromatic heterocycles. The summed E-state index contributed by atoms with van der Waals surface area (Å²) in [7, 11) is -3.87. The van der Waals surface area contributed by atoms with Gasteiger partial charge in [-0.05, 0) is 18.2 Å². The van der Waals surface area contributed by atoms with Crippen LogP contribution in [0.5, 0.6) is 0 Å². The molecular formula is C9H10N4O4S. The summed E-state index contributed by atoms with van der Waals surface area (Å²) in [6.45, 7) is 0.104. The van der Waals surface area contributed by atoms with Crippen LogP contribution in [0.25, 0.3) is 0 Å². The van der Waals surface area contributed by atoms with Crippen molar-refractivity contribution >= 4 is 15.8 Å². The van der Waals surface area contributed by atoms with E-state index in [9.17, 15) is 13.2 Å². The molecule has 8 nitrogen and oxygen atoms in total. The van der Waals surface area contributed by atoms with Crippen LogP contribution in [0.4, 0.5) is 5.82 Å². The maximum atomic E-state index is 11.8. The van der Waals surface area contributed by atoms with Gasteiger partial charge in [-0.25, -0.2) is 5.10 Å². The zero-order chi connectivity index (χ0) is 13.2. The van der Waals surface area contributed by atoms with Gasteiger partial charge in [-0.3, -0.25) is 9.52 Å². The average molecular weight is 270 g/mol. The number of hydrogen-bond donors (Lipinski definition) is 3. The summed E-state index contributed by atoms with van der Waals surface area (Å²) in [6, 6.07) is 5.15. The van der Waals surface area contributed by atoms with Crippen molar-refractivity contribution in [1.29, 1.82) is 0 Å². The molecule has 9 heteroatoms. The molecule has 2 rings (SSSR count). The first-order chi connectivity index (χ1) is 8.51. The van der Waals surface area contributed by atoms with E-state index in [1.807, 2.05) is 0 Å². The molecule has 0 amide bonds. The Kier molecular flexibility index (Phi) is 3.17. The minimum absolute atomic E-state index is 0.0136. The minimum atomic E-state index is -3.87. The van der Waals surface area contributed by atoms with Crippen molar-refractivity contribution < 1.29 is 12.8 Å². The summed E-state index contributed by atoms with van der Waals surface area (Å²) in [4.78, 5) is 10.8. The first kappa shape index (κ1) is 12.3. The van der Waals surface area contributed by atoms with Crippen molar-refractivity contribution in [1.82, 2.24) is 10.2 Å². The van der Waals surface area contributed by atoms with Crippen LogP contribution in [0.2, 0.25) is 0 Å². The van der Waals surface area contributed by atoms with Crippen molar-refractivity contribution in [2.24, 2.45) is 5.73 Å². The van der Waals surface area contributed by atoms with Crippen molar-refractivity contribution in [3.8, 4) is 0 Å². The molecule has 4 N–H and O–H groups in total. The second kappa shape index (κ2) is 4.63. The number of sulfonamides is 1. The summed E-state index contributed by atoms with van der Waals surface area (Å²) in [5, 5.41) is 5.36. The Labute approximate surface area is 102 Å². The molecule has 0 atom stereocenters. The van der Waals surface area contributed by atoms with E-state index in [1.165, 1.54) is 18.2 Å². The fourth-order valence-corrected chi connectivity index (χ4v) is 2.16. The summed E-state index contributed by atoms with van der Waals surface area (Å²) >= 11 is 0. The van der Waals surface area contributed by atoms with Gasteiger partial charge >= 0.3 is 0 Å². The molecule has 0 bridgehead atoms. The Morgan fingerprint density at radius 2 is 2.11 bits per heavy atom. The van der Waals surface area contributed by atoms with Crippen LogP contribution < -0.4 is 16.0 Å². The van der Waals surface area contributed by atoms with E-state index in [2.05, 4.69) is 14.9 Å². The molecular weight excluding hydrogens is 260 g/mol. The lowest BCUT2D eigenvalue weighted by Gasteiger charge is -2.03. The lowest BCUT2D eigenvalue weighted by Crippen LogP contribution is -2.15. The highest BCUT2D eigenvalue weighted by Gasteiger charge is 2.19. The second-order valence-corrected chi connectivity index (χ2v) is 4.95. The Bertz CT molecular complexity index is 683. The van der Waals surface area contributed by atoms with E-state index in [0.29, 0.717) is 5.76 Å². The second-order valence-electron chi connectivity index (χ2n) is 3.34. The average Bonchev–Trinajstić information content (AvgIpc) is 2.81. The molecule has 2 aromatic rings. The largest absolute Gasteiger partial charge is 0.446 e. The fraction of sp³-hybridized carbons (Fsp3) is 0.111. The molecule has 0 unspecified atom stereocenters. The van der Waals surface area contributed by atoms with Crippen LogP contribution >= 0.6 is 0 Å². The van der Waals surface area contributed by atoms with Crippen LogP contribution in [-0.4, -0.2) is 18.6 Å². The molecule has 0 aromatic carbocycles. The number of nitrogens with one attached hydrogen (secondary N) is 2. The van der Waals surface area contributed by atoms with Crippen molar-refractivity contribution in [2.45, 2.75) is 11.6 Å². The number of H-pyrrole nitrogens is 1. The van der Waals surface area contributed by atoms with Gasteiger partial charge in [0.05, 0.1) is 6.54 Å². The summed E-state index contributed by atoms with van der Waals surface area (Å²) in [5.74, 6) is 0.338. The molecule has 0 aliphatic heterocycles. The van der Waals surface area contributed by atoms with E-state index in [4.69, 9.17) is 10.2 Å². The van der Waals surface area contributed by atoms with Crippen molar-refractivity contribution in [3.05, 3.63) is 40.4 Å². The smallest absolute Gasteiger partial charge is 0.296 e. The number of rotatable bonds is 4. The van der Waals surface area contributed by atoms with Crippen LogP contribution in [-0.2, 0) is 16.6 Å². The standard InChI is InChI=1S/C9H10N4O4S/c10-5-6-1-4-9(17-6)18(15,16)13-7-2-3-8(14)12-11-7/h1-4H,5,10H2,(H,11,13)(H,12,14). The molecule has 0 spiro atoms. The Morgan fingerprint density at radius 1 is 1.33 bits per heavy atom. The number of aromatic amines is 1. The summed E-state index contributed by atoms with van der Waals surface area (Å²) in [6.07, 6.45) is 0. The van der Waals surface area contributed by atoms with Gasteiger partial charge in [-0.15, -0.1) is 0 Å². The number of hydrogen-bond acceptors (Lipinski definition) is 6. The number of nitrogens with two attached hydrogens (primary N) is 1. The SMILES string of the molecule is NCc1ccc(S(=O)(=O)Nc2ccc(=O)[nH]n2)o1.